The first-order valence-electron chi connectivity index (χ1n) is 2.61. The molecular weight excluding hydrogens is 106 g/mol. The summed E-state index contributed by atoms with van der Waals surface area (Å²) in [6.45, 7) is 1.82. The van der Waals surface area contributed by atoms with Crippen LogP contribution in [0.15, 0.2) is 0 Å². The van der Waals surface area contributed by atoms with Gasteiger partial charge in [-0.2, -0.15) is 0 Å². The van der Waals surface area contributed by atoms with E-state index in [0.29, 0.717) is 12.7 Å². The van der Waals surface area contributed by atoms with Crippen molar-refractivity contribution in [1.29, 1.82) is 0 Å². The fourth-order valence-corrected chi connectivity index (χ4v) is 0.342. The molecule has 0 aromatic carbocycles. The molecule has 0 aromatic heterocycles. The molecule has 0 aromatic rings. The van der Waals surface area contributed by atoms with Gasteiger partial charge in [0.2, 0.25) is 0 Å². The molecule has 0 rings (SSSR count). The zero-order chi connectivity index (χ0) is 6.57. The van der Waals surface area contributed by atoms with Gasteiger partial charge in [0.25, 0.3) is 0 Å². The summed E-state index contributed by atoms with van der Waals surface area (Å²) in [5.41, 5.74) is 5.25. The molecule has 3 heteroatoms. The fraction of sp³-hybridized carbons (Fsp3) is 0.800. The van der Waals surface area contributed by atoms with E-state index >= 15 is 0 Å². The zero-order valence-electron chi connectivity index (χ0n) is 4.87. The predicted molar refractivity (Wildman–Crippen MR) is 30.3 cm³/mol. The second kappa shape index (κ2) is 3.57. The average Bonchev–Trinajstić information content (AvgIpc) is 1.84. The number of nitrogens with two attached hydrogens (primary N) is 1. The number of aliphatic hydroxyl groups excluding tert-OH is 1. The fourth-order valence-electron chi connectivity index (χ4n) is 0.342. The topological polar surface area (TPSA) is 63.3 Å². The second-order valence-corrected chi connectivity index (χ2v) is 1.70. The first kappa shape index (κ1) is 7.59. The molecule has 0 bridgehead atoms. The largest absolute Gasteiger partial charge is 0.384 e. The molecule has 0 fully saturated rings. The maximum Gasteiger partial charge on any atom is 0.150 e. The summed E-state index contributed by atoms with van der Waals surface area (Å²) in [6, 6.07) is -0.396. The lowest BCUT2D eigenvalue weighted by Crippen LogP contribution is -2.34. The molecule has 3 nitrogen and oxygen atoms in total. The van der Waals surface area contributed by atoms with Gasteiger partial charge in [-0.05, 0) is 6.42 Å². The summed E-state index contributed by atoms with van der Waals surface area (Å²) in [4.78, 5) is 9.78. The Kier molecular flexibility index (Phi) is 3.39. The van der Waals surface area contributed by atoms with Crippen molar-refractivity contribution in [2.24, 2.45) is 5.73 Å². The van der Waals surface area contributed by atoms with Gasteiger partial charge in [0.15, 0.2) is 0 Å². The van der Waals surface area contributed by atoms with Gasteiger partial charge in [0.1, 0.15) is 12.4 Å². The lowest BCUT2D eigenvalue weighted by Gasteiger charge is -2.08. The van der Waals surface area contributed by atoms with Crippen LogP contribution in [-0.4, -0.2) is 23.5 Å². The number of hydrogen-bond donors (Lipinski definition) is 2. The molecule has 2 unspecified atom stereocenters. The summed E-state index contributed by atoms with van der Waals surface area (Å²) in [7, 11) is 0. The summed E-state index contributed by atoms with van der Waals surface area (Å²) in [5.74, 6) is 0. The van der Waals surface area contributed by atoms with Crippen LogP contribution in [0.5, 0.6) is 0 Å². The number of aliphatic hydroxyl groups is 1. The number of aldehydes is 1. The van der Waals surface area contributed by atoms with Crippen molar-refractivity contribution in [3.05, 3.63) is 0 Å². The minimum Gasteiger partial charge on any atom is -0.384 e. The Morgan fingerprint density at radius 3 is 2.50 bits per heavy atom. The third-order valence-corrected chi connectivity index (χ3v) is 1.05. The molecule has 0 saturated heterocycles. The SMILES string of the molecule is CCC(N)C(O)C=O. The van der Waals surface area contributed by atoms with Crippen LogP contribution in [0.25, 0.3) is 0 Å². The Morgan fingerprint density at radius 2 is 2.38 bits per heavy atom. The lowest BCUT2D eigenvalue weighted by molar-refractivity contribution is -0.115. The minimum absolute atomic E-state index is 0.396. The van der Waals surface area contributed by atoms with Crippen LogP contribution in [0.2, 0.25) is 0 Å². The van der Waals surface area contributed by atoms with Crippen LogP contribution in [0.4, 0.5) is 0 Å². The van der Waals surface area contributed by atoms with E-state index in [1.807, 2.05) is 6.92 Å². The molecule has 48 valence electrons. The Bertz CT molecular complexity index is 74.8. The van der Waals surface area contributed by atoms with Crippen molar-refractivity contribution in [2.45, 2.75) is 25.5 Å². The predicted octanol–water partition coefficient (Wildman–Crippen LogP) is -0.717. The third kappa shape index (κ3) is 2.04. The first-order chi connectivity index (χ1) is 3.72. The van der Waals surface area contributed by atoms with Crippen LogP contribution in [0.1, 0.15) is 13.3 Å². The van der Waals surface area contributed by atoms with Crippen molar-refractivity contribution in [3.8, 4) is 0 Å². The van der Waals surface area contributed by atoms with Crippen molar-refractivity contribution in [3.63, 3.8) is 0 Å². The number of hydrogen-bond acceptors (Lipinski definition) is 3. The Balaban J connectivity index is 3.44. The Hall–Kier alpha value is -0.410. The van der Waals surface area contributed by atoms with Gasteiger partial charge in [0, 0.05) is 6.04 Å². The second-order valence-electron chi connectivity index (χ2n) is 1.70. The van der Waals surface area contributed by atoms with E-state index in [2.05, 4.69) is 0 Å². The molecule has 0 heterocycles. The quantitative estimate of drug-likeness (QED) is 0.480. The van der Waals surface area contributed by atoms with E-state index in [0.717, 1.165) is 0 Å². The summed E-state index contributed by atoms with van der Waals surface area (Å²) < 4.78 is 0. The van der Waals surface area contributed by atoms with Crippen molar-refractivity contribution in [1.82, 2.24) is 0 Å². The summed E-state index contributed by atoms with van der Waals surface area (Å²) in [5, 5.41) is 8.63. The van der Waals surface area contributed by atoms with E-state index in [4.69, 9.17) is 10.8 Å². The van der Waals surface area contributed by atoms with Crippen LogP contribution in [0.3, 0.4) is 0 Å². The first-order valence-corrected chi connectivity index (χ1v) is 2.61. The van der Waals surface area contributed by atoms with Crippen LogP contribution in [-0.2, 0) is 4.79 Å². The Morgan fingerprint density at radius 1 is 1.88 bits per heavy atom. The minimum atomic E-state index is -0.986. The molecular formula is C5H11NO2. The van der Waals surface area contributed by atoms with E-state index < -0.39 is 12.1 Å². The number of carbonyl (C=O) groups excluding carboxylic acids is 1. The molecule has 0 aliphatic carbocycles. The number of rotatable bonds is 3. The Labute approximate surface area is 48.5 Å². The van der Waals surface area contributed by atoms with Gasteiger partial charge >= 0.3 is 0 Å². The van der Waals surface area contributed by atoms with E-state index in [-0.39, 0.29) is 0 Å². The average molecular weight is 117 g/mol. The van der Waals surface area contributed by atoms with Crippen molar-refractivity contribution in [2.75, 3.05) is 0 Å². The van der Waals surface area contributed by atoms with Gasteiger partial charge in [0.05, 0.1) is 0 Å². The summed E-state index contributed by atoms with van der Waals surface area (Å²) >= 11 is 0. The highest BCUT2D eigenvalue weighted by Crippen LogP contribution is 1.89. The third-order valence-electron chi connectivity index (χ3n) is 1.05. The molecule has 0 amide bonds. The maximum absolute atomic E-state index is 9.78. The highest BCUT2D eigenvalue weighted by atomic mass is 16.3. The molecule has 0 aliphatic heterocycles. The molecule has 0 saturated carbocycles. The van der Waals surface area contributed by atoms with Crippen molar-refractivity contribution >= 4 is 6.29 Å². The van der Waals surface area contributed by atoms with E-state index in [9.17, 15) is 4.79 Å². The van der Waals surface area contributed by atoms with Crippen LogP contribution < -0.4 is 5.73 Å². The van der Waals surface area contributed by atoms with Gasteiger partial charge in [-0.15, -0.1) is 0 Å². The van der Waals surface area contributed by atoms with Gasteiger partial charge < -0.3 is 15.6 Å². The van der Waals surface area contributed by atoms with Gasteiger partial charge in [-0.1, -0.05) is 6.92 Å². The van der Waals surface area contributed by atoms with Gasteiger partial charge in [-0.3, -0.25) is 0 Å². The standard InChI is InChI=1S/C5H11NO2/c1-2-4(6)5(8)3-7/h3-5,8H,2,6H2,1H3. The van der Waals surface area contributed by atoms with Crippen molar-refractivity contribution < 1.29 is 9.90 Å². The lowest BCUT2D eigenvalue weighted by atomic mass is 10.1. The van der Waals surface area contributed by atoms with Crippen LogP contribution in [0, 0.1) is 0 Å². The maximum atomic E-state index is 9.78. The molecule has 0 radical (unpaired) electrons. The van der Waals surface area contributed by atoms with E-state index in [1.165, 1.54) is 0 Å². The molecule has 8 heavy (non-hydrogen) atoms. The summed E-state index contributed by atoms with van der Waals surface area (Å²) in [6.07, 6.45) is 0.0913. The van der Waals surface area contributed by atoms with E-state index in [1.54, 1.807) is 0 Å². The normalized spacial score (nSPS) is 17.4. The van der Waals surface area contributed by atoms with Crippen LogP contribution >= 0.6 is 0 Å². The smallest absolute Gasteiger partial charge is 0.150 e. The molecule has 3 N–H and O–H groups in total. The molecule has 0 aliphatic rings. The molecule has 2 atom stereocenters. The monoisotopic (exact) mass is 117 g/mol. The van der Waals surface area contributed by atoms with Gasteiger partial charge in [-0.25, -0.2) is 0 Å². The highest BCUT2D eigenvalue weighted by molar-refractivity contribution is 5.56. The zero-order valence-corrected chi connectivity index (χ0v) is 4.87. The number of carbonyl (C=O) groups is 1. The highest BCUT2D eigenvalue weighted by Gasteiger charge is 2.09. The molecule has 0 spiro atoms.